The van der Waals surface area contributed by atoms with Crippen molar-refractivity contribution >= 4 is 34.0 Å². The fourth-order valence-corrected chi connectivity index (χ4v) is 1.97. The molecule has 3 N–H and O–H groups in total. The third-order valence-electron chi connectivity index (χ3n) is 2.50. The van der Waals surface area contributed by atoms with Gasteiger partial charge in [0.25, 0.3) is 0 Å². The van der Waals surface area contributed by atoms with Crippen molar-refractivity contribution in [2.24, 2.45) is 0 Å². The first-order chi connectivity index (χ1) is 7.90. The van der Waals surface area contributed by atoms with Gasteiger partial charge in [-0.1, -0.05) is 0 Å². The zero-order chi connectivity index (χ0) is 13.0. The number of nitrogens with two attached hydrogens (primary N) is 1. The van der Waals surface area contributed by atoms with Crippen molar-refractivity contribution in [3.8, 4) is 0 Å². The number of benzene rings is 1. The van der Waals surface area contributed by atoms with E-state index in [1.54, 1.807) is 6.07 Å². The second-order valence-electron chi connectivity index (χ2n) is 4.49. The third-order valence-corrected chi connectivity index (χ3v) is 3.33. The van der Waals surface area contributed by atoms with Gasteiger partial charge in [-0.05, 0) is 62.6 Å². The fourth-order valence-electron chi connectivity index (χ4n) is 1.48. The van der Waals surface area contributed by atoms with Gasteiger partial charge in [0.15, 0.2) is 0 Å². The lowest BCUT2D eigenvalue weighted by Crippen LogP contribution is -2.23. The second kappa shape index (κ2) is 6.39. The first-order valence-corrected chi connectivity index (χ1v) is 6.64. The Kier molecular flexibility index (Phi) is 5.45. The van der Waals surface area contributed by atoms with Gasteiger partial charge in [0, 0.05) is 12.1 Å². The third kappa shape index (κ3) is 4.67. The van der Waals surface area contributed by atoms with Crippen LogP contribution in [0, 0.1) is 9.39 Å². The molecule has 1 unspecified atom stereocenters. The average Bonchev–Trinajstić information content (AvgIpc) is 2.23. The van der Waals surface area contributed by atoms with Crippen LogP contribution in [0.25, 0.3) is 0 Å². The van der Waals surface area contributed by atoms with E-state index in [1.165, 1.54) is 6.07 Å². The average molecular weight is 351 g/mol. The predicted molar refractivity (Wildman–Crippen MR) is 79.8 cm³/mol. The molecule has 17 heavy (non-hydrogen) atoms. The second-order valence-corrected chi connectivity index (χ2v) is 5.65. The molecule has 5 heteroatoms. The molecule has 0 aliphatic carbocycles. The molecule has 0 aliphatic heterocycles. The summed E-state index contributed by atoms with van der Waals surface area (Å²) >= 11 is 1.94. The van der Waals surface area contributed by atoms with Gasteiger partial charge in [-0.3, -0.25) is 0 Å². The Hall–Kier alpha value is -0.560. The molecule has 0 saturated heterocycles. The molecule has 0 heterocycles. The van der Waals surface area contributed by atoms with Gasteiger partial charge >= 0.3 is 0 Å². The summed E-state index contributed by atoms with van der Waals surface area (Å²) in [7, 11) is 4.07. The first kappa shape index (κ1) is 14.5. The van der Waals surface area contributed by atoms with Crippen molar-refractivity contribution < 1.29 is 4.39 Å². The highest BCUT2D eigenvalue weighted by molar-refractivity contribution is 14.1. The summed E-state index contributed by atoms with van der Waals surface area (Å²) in [5.74, 6) is -0.234. The van der Waals surface area contributed by atoms with Crippen LogP contribution in [-0.2, 0) is 0 Å². The van der Waals surface area contributed by atoms with E-state index in [1.807, 2.05) is 36.7 Å². The maximum atomic E-state index is 13.4. The molecule has 1 aromatic carbocycles. The van der Waals surface area contributed by atoms with Gasteiger partial charge in [-0.25, -0.2) is 4.39 Å². The fraction of sp³-hybridized carbons (Fsp3) is 0.500. The molecule has 1 rings (SSSR count). The molecule has 1 atom stereocenters. The summed E-state index contributed by atoms with van der Waals surface area (Å²) in [6, 6.07) is 3.37. The number of anilines is 2. The van der Waals surface area contributed by atoms with Gasteiger partial charge in [-0.15, -0.1) is 0 Å². The molecule has 3 nitrogen and oxygen atoms in total. The lowest BCUT2D eigenvalue weighted by atomic mass is 10.2. The zero-order valence-corrected chi connectivity index (χ0v) is 12.6. The standard InChI is InChI=1S/C12H19FIN3/c1-8(4-5-17(2)3)16-12-6-9(13)10(14)7-11(12)15/h6-8,16H,4-5,15H2,1-3H3. The van der Waals surface area contributed by atoms with Crippen LogP contribution in [-0.4, -0.2) is 31.6 Å². The monoisotopic (exact) mass is 351 g/mol. The number of halogens is 2. The van der Waals surface area contributed by atoms with Crippen LogP contribution in [0.4, 0.5) is 15.8 Å². The van der Waals surface area contributed by atoms with Gasteiger partial charge < -0.3 is 16.0 Å². The smallest absolute Gasteiger partial charge is 0.138 e. The van der Waals surface area contributed by atoms with E-state index in [0.717, 1.165) is 13.0 Å². The number of nitrogens with one attached hydrogen (secondary N) is 1. The molecule has 0 radical (unpaired) electrons. The maximum absolute atomic E-state index is 13.4. The van der Waals surface area contributed by atoms with Crippen LogP contribution in [0.5, 0.6) is 0 Å². The summed E-state index contributed by atoms with van der Waals surface area (Å²) in [5, 5.41) is 3.24. The van der Waals surface area contributed by atoms with Gasteiger partial charge in [0.2, 0.25) is 0 Å². The number of nitrogens with zero attached hydrogens (tertiary/aromatic N) is 1. The van der Waals surface area contributed by atoms with Crippen molar-refractivity contribution in [3.05, 3.63) is 21.5 Å². The van der Waals surface area contributed by atoms with E-state index in [9.17, 15) is 4.39 Å². The molecule has 0 aromatic heterocycles. The molecule has 0 spiro atoms. The molecule has 0 fully saturated rings. The van der Waals surface area contributed by atoms with Gasteiger partial charge in [0.1, 0.15) is 5.82 Å². The van der Waals surface area contributed by atoms with Crippen LogP contribution in [0.1, 0.15) is 13.3 Å². The lowest BCUT2D eigenvalue weighted by molar-refractivity contribution is 0.390. The molecule has 1 aromatic rings. The van der Waals surface area contributed by atoms with Crippen molar-refractivity contribution in [3.63, 3.8) is 0 Å². The Bertz CT molecular complexity index is 382. The van der Waals surface area contributed by atoms with E-state index in [4.69, 9.17) is 5.73 Å². The number of rotatable bonds is 5. The topological polar surface area (TPSA) is 41.3 Å². The summed E-state index contributed by atoms with van der Waals surface area (Å²) in [4.78, 5) is 2.12. The minimum atomic E-state index is -0.234. The Morgan fingerprint density at radius 1 is 1.47 bits per heavy atom. The number of hydrogen-bond donors (Lipinski definition) is 2. The zero-order valence-electron chi connectivity index (χ0n) is 10.4. The van der Waals surface area contributed by atoms with Crippen LogP contribution < -0.4 is 11.1 Å². The summed E-state index contributed by atoms with van der Waals surface area (Å²) in [6.45, 7) is 3.06. The minimum absolute atomic E-state index is 0.234. The van der Waals surface area contributed by atoms with Gasteiger partial charge in [0.05, 0.1) is 14.9 Å². The number of nitrogen functional groups attached to an aromatic ring is 1. The van der Waals surface area contributed by atoms with E-state index in [-0.39, 0.29) is 11.9 Å². The molecule has 0 saturated carbocycles. The van der Waals surface area contributed by atoms with E-state index < -0.39 is 0 Å². The van der Waals surface area contributed by atoms with E-state index >= 15 is 0 Å². The maximum Gasteiger partial charge on any atom is 0.138 e. The van der Waals surface area contributed by atoms with Crippen molar-refractivity contribution in [1.29, 1.82) is 0 Å². The molecule has 0 amide bonds. The van der Waals surface area contributed by atoms with Crippen molar-refractivity contribution in [2.45, 2.75) is 19.4 Å². The molecular formula is C12H19FIN3. The number of hydrogen-bond acceptors (Lipinski definition) is 3. The minimum Gasteiger partial charge on any atom is -0.397 e. The van der Waals surface area contributed by atoms with Crippen LogP contribution in [0.15, 0.2) is 12.1 Å². The predicted octanol–water partition coefficient (Wildman–Crippen LogP) is 2.76. The Morgan fingerprint density at radius 2 is 2.12 bits per heavy atom. The summed E-state index contributed by atoms with van der Waals surface area (Å²) < 4.78 is 14.0. The van der Waals surface area contributed by atoms with Crippen LogP contribution in [0.3, 0.4) is 0 Å². The normalized spacial score (nSPS) is 12.8. The van der Waals surface area contributed by atoms with Crippen LogP contribution >= 0.6 is 22.6 Å². The quantitative estimate of drug-likeness (QED) is 0.633. The highest BCUT2D eigenvalue weighted by atomic mass is 127. The largest absolute Gasteiger partial charge is 0.397 e. The Morgan fingerprint density at radius 3 is 2.71 bits per heavy atom. The highest BCUT2D eigenvalue weighted by Crippen LogP contribution is 2.24. The van der Waals surface area contributed by atoms with Crippen molar-refractivity contribution in [1.82, 2.24) is 4.90 Å². The van der Waals surface area contributed by atoms with E-state index in [2.05, 4.69) is 17.1 Å². The molecule has 0 aliphatic rings. The summed E-state index contributed by atoms with van der Waals surface area (Å²) in [5.41, 5.74) is 7.12. The molecule has 0 bridgehead atoms. The summed E-state index contributed by atoms with van der Waals surface area (Å²) in [6.07, 6.45) is 0.986. The highest BCUT2D eigenvalue weighted by Gasteiger charge is 2.09. The SMILES string of the molecule is CC(CCN(C)C)Nc1cc(F)c(I)cc1N. The van der Waals surface area contributed by atoms with Gasteiger partial charge in [-0.2, -0.15) is 0 Å². The van der Waals surface area contributed by atoms with Crippen molar-refractivity contribution in [2.75, 3.05) is 31.7 Å². The molecular weight excluding hydrogens is 332 g/mol. The van der Waals surface area contributed by atoms with Crippen LogP contribution in [0.2, 0.25) is 0 Å². The Balaban J connectivity index is 2.65. The Labute approximate surface area is 116 Å². The van der Waals surface area contributed by atoms with E-state index in [0.29, 0.717) is 14.9 Å². The lowest BCUT2D eigenvalue weighted by Gasteiger charge is -2.19. The first-order valence-electron chi connectivity index (χ1n) is 5.56. The molecule has 96 valence electrons.